The van der Waals surface area contributed by atoms with Crippen LogP contribution in [0.25, 0.3) is 0 Å². The summed E-state index contributed by atoms with van der Waals surface area (Å²) < 4.78 is 10.2. The van der Waals surface area contributed by atoms with Crippen molar-refractivity contribution in [3.63, 3.8) is 0 Å². The van der Waals surface area contributed by atoms with Crippen LogP contribution in [0.4, 0.5) is 4.79 Å². The van der Waals surface area contributed by atoms with Crippen LogP contribution in [-0.4, -0.2) is 42.8 Å². The molecular formula is C18H27NO4. The van der Waals surface area contributed by atoms with Crippen LogP contribution in [0.3, 0.4) is 0 Å². The first-order chi connectivity index (χ1) is 11.1. The van der Waals surface area contributed by atoms with Gasteiger partial charge in [-0.3, -0.25) is 9.69 Å². The summed E-state index contributed by atoms with van der Waals surface area (Å²) in [6, 6.07) is 9.71. The van der Waals surface area contributed by atoms with E-state index in [0.717, 1.165) is 18.4 Å². The van der Waals surface area contributed by atoms with Crippen LogP contribution in [0.1, 0.15) is 39.2 Å². The minimum atomic E-state index is -0.463. The number of carbonyl (C=O) groups excluding carboxylic acids is 2. The van der Waals surface area contributed by atoms with Crippen molar-refractivity contribution in [2.75, 3.05) is 19.8 Å². The average Bonchev–Trinajstić information content (AvgIpc) is 2.54. The number of amides is 1. The van der Waals surface area contributed by atoms with E-state index in [-0.39, 0.29) is 12.6 Å². The number of esters is 1. The normalized spacial score (nSPS) is 11.6. The average molecular weight is 321 g/mol. The van der Waals surface area contributed by atoms with Crippen molar-refractivity contribution in [2.45, 2.75) is 46.1 Å². The largest absolute Gasteiger partial charge is 0.465 e. The number of ether oxygens (including phenoxy) is 2. The van der Waals surface area contributed by atoms with Gasteiger partial charge in [-0.15, -0.1) is 0 Å². The Morgan fingerprint density at radius 2 is 1.83 bits per heavy atom. The Balaban J connectivity index is 2.71. The summed E-state index contributed by atoms with van der Waals surface area (Å²) >= 11 is 0. The highest BCUT2D eigenvalue weighted by Gasteiger charge is 2.25. The third-order valence-electron chi connectivity index (χ3n) is 3.47. The molecule has 23 heavy (non-hydrogen) atoms. The van der Waals surface area contributed by atoms with Crippen LogP contribution in [0.15, 0.2) is 30.3 Å². The fourth-order valence-electron chi connectivity index (χ4n) is 2.20. The summed E-state index contributed by atoms with van der Waals surface area (Å²) in [6.07, 6.45) is 1.95. The molecule has 1 aromatic rings. The number of benzene rings is 1. The van der Waals surface area contributed by atoms with Gasteiger partial charge in [0.2, 0.25) is 0 Å². The Bertz CT molecular complexity index is 475. The molecule has 0 radical (unpaired) electrons. The minimum Gasteiger partial charge on any atom is -0.465 e. The van der Waals surface area contributed by atoms with Crippen LogP contribution < -0.4 is 0 Å². The maximum absolute atomic E-state index is 12.3. The molecule has 0 aliphatic rings. The van der Waals surface area contributed by atoms with Crippen molar-refractivity contribution in [1.82, 2.24) is 4.90 Å². The molecule has 0 heterocycles. The molecule has 0 saturated carbocycles. The lowest BCUT2D eigenvalue weighted by Crippen LogP contribution is -2.44. The van der Waals surface area contributed by atoms with Gasteiger partial charge in [-0.1, -0.05) is 43.7 Å². The van der Waals surface area contributed by atoms with E-state index in [1.54, 1.807) is 6.92 Å². The minimum absolute atomic E-state index is 0.0905. The van der Waals surface area contributed by atoms with Crippen molar-refractivity contribution in [3.8, 4) is 0 Å². The molecule has 0 bridgehead atoms. The molecule has 0 aromatic heterocycles. The molecule has 1 amide bonds. The van der Waals surface area contributed by atoms with Gasteiger partial charge in [0.1, 0.15) is 6.54 Å². The summed E-state index contributed by atoms with van der Waals surface area (Å²) in [6.45, 7) is 6.26. The van der Waals surface area contributed by atoms with Crippen molar-refractivity contribution >= 4 is 12.1 Å². The lowest BCUT2D eigenvalue weighted by molar-refractivity contribution is -0.144. The van der Waals surface area contributed by atoms with Crippen molar-refractivity contribution in [1.29, 1.82) is 0 Å². The van der Waals surface area contributed by atoms with E-state index in [4.69, 9.17) is 9.47 Å². The van der Waals surface area contributed by atoms with Gasteiger partial charge in [0.05, 0.1) is 13.2 Å². The zero-order chi connectivity index (χ0) is 17.1. The molecule has 1 aromatic carbocycles. The lowest BCUT2D eigenvalue weighted by atomic mass is 10.1. The topological polar surface area (TPSA) is 55.8 Å². The summed E-state index contributed by atoms with van der Waals surface area (Å²) in [4.78, 5) is 25.5. The fourth-order valence-corrected chi connectivity index (χ4v) is 2.20. The van der Waals surface area contributed by atoms with E-state index >= 15 is 0 Å². The Kier molecular flexibility index (Phi) is 8.80. The van der Waals surface area contributed by atoms with Gasteiger partial charge in [0.15, 0.2) is 0 Å². The highest BCUT2D eigenvalue weighted by atomic mass is 16.6. The monoisotopic (exact) mass is 321 g/mol. The summed E-state index contributed by atoms with van der Waals surface area (Å²) in [5.74, 6) is -0.417. The maximum atomic E-state index is 12.3. The van der Waals surface area contributed by atoms with Crippen LogP contribution in [0.2, 0.25) is 0 Å². The van der Waals surface area contributed by atoms with Crippen LogP contribution in [0.5, 0.6) is 0 Å². The first-order valence-corrected chi connectivity index (χ1v) is 8.21. The molecule has 0 aliphatic carbocycles. The van der Waals surface area contributed by atoms with Crippen molar-refractivity contribution in [2.24, 2.45) is 0 Å². The second-order valence-electron chi connectivity index (χ2n) is 5.44. The predicted molar refractivity (Wildman–Crippen MR) is 89.2 cm³/mol. The quantitative estimate of drug-likeness (QED) is 0.516. The molecule has 0 saturated heterocycles. The van der Waals surface area contributed by atoms with E-state index in [1.165, 1.54) is 4.90 Å². The number of hydrogen-bond donors (Lipinski definition) is 0. The lowest BCUT2D eigenvalue weighted by Gasteiger charge is -2.27. The highest BCUT2D eigenvalue weighted by Crippen LogP contribution is 2.11. The molecule has 0 spiro atoms. The Morgan fingerprint density at radius 1 is 1.13 bits per heavy atom. The number of hydrogen-bond acceptors (Lipinski definition) is 4. The second kappa shape index (κ2) is 10.6. The van der Waals surface area contributed by atoms with E-state index < -0.39 is 12.1 Å². The van der Waals surface area contributed by atoms with E-state index in [0.29, 0.717) is 19.6 Å². The van der Waals surface area contributed by atoms with Gasteiger partial charge in [-0.05, 0) is 32.3 Å². The maximum Gasteiger partial charge on any atom is 0.410 e. The predicted octanol–water partition coefficient (Wildman–Crippen LogP) is 3.42. The van der Waals surface area contributed by atoms with Crippen LogP contribution in [-0.2, 0) is 20.7 Å². The Labute approximate surface area is 138 Å². The number of carbonyl (C=O) groups is 2. The first kappa shape index (κ1) is 19.0. The standard InChI is InChI=1S/C18H27NO4/c1-4-6-12-23-18(21)19(14-17(20)22-5-2)15(3)13-16-10-8-7-9-11-16/h7-11,15H,4-6,12-14H2,1-3H3. The molecule has 5 nitrogen and oxygen atoms in total. The third kappa shape index (κ3) is 7.17. The SMILES string of the molecule is CCCCOC(=O)N(CC(=O)OCC)C(C)Cc1ccccc1. The van der Waals surface area contributed by atoms with Gasteiger partial charge < -0.3 is 9.47 Å². The molecule has 128 valence electrons. The number of rotatable bonds is 9. The zero-order valence-electron chi connectivity index (χ0n) is 14.3. The number of unbranched alkanes of at least 4 members (excludes halogenated alkanes) is 1. The van der Waals surface area contributed by atoms with Gasteiger partial charge >= 0.3 is 12.1 Å². The summed E-state index contributed by atoms with van der Waals surface area (Å²) in [5, 5.41) is 0. The molecule has 1 atom stereocenters. The molecule has 1 unspecified atom stereocenters. The molecule has 5 heteroatoms. The molecular weight excluding hydrogens is 294 g/mol. The van der Waals surface area contributed by atoms with E-state index in [9.17, 15) is 9.59 Å². The Hall–Kier alpha value is -2.04. The molecule has 1 rings (SSSR count). The number of nitrogens with zero attached hydrogens (tertiary/aromatic N) is 1. The van der Waals surface area contributed by atoms with E-state index in [1.807, 2.05) is 44.2 Å². The smallest absolute Gasteiger partial charge is 0.410 e. The van der Waals surface area contributed by atoms with Crippen molar-refractivity contribution in [3.05, 3.63) is 35.9 Å². The van der Waals surface area contributed by atoms with Crippen molar-refractivity contribution < 1.29 is 19.1 Å². The van der Waals surface area contributed by atoms with Gasteiger partial charge in [0, 0.05) is 6.04 Å². The fraction of sp³-hybridized carbons (Fsp3) is 0.556. The molecule has 0 aliphatic heterocycles. The van der Waals surface area contributed by atoms with E-state index in [2.05, 4.69) is 0 Å². The first-order valence-electron chi connectivity index (χ1n) is 8.21. The second-order valence-corrected chi connectivity index (χ2v) is 5.44. The summed E-state index contributed by atoms with van der Waals surface area (Å²) in [7, 11) is 0. The van der Waals surface area contributed by atoms with Gasteiger partial charge in [-0.25, -0.2) is 4.79 Å². The van der Waals surface area contributed by atoms with Crippen LogP contribution >= 0.6 is 0 Å². The van der Waals surface area contributed by atoms with Crippen LogP contribution in [0, 0.1) is 0 Å². The molecule has 0 fully saturated rings. The summed E-state index contributed by atoms with van der Waals surface area (Å²) in [5.41, 5.74) is 1.11. The van der Waals surface area contributed by atoms with Gasteiger partial charge in [-0.2, -0.15) is 0 Å². The Morgan fingerprint density at radius 3 is 2.43 bits per heavy atom. The third-order valence-corrected chi connectivity index (χ3v) is 3.47. The molecule has 0 N–H and O–H groups in total. The van der Waals surface area contributed by atoms with Gasteiger partial charge in [0.25, 0.3) is 0 Å². The zero-order valence-corrected chi connectivity index (χ0v) is 14.3. The highest BCUT2D eigenvalue weighted by molar-refractivity contribution is 5.78.